The Hall–Kier alpha value is -1.64. The van der Waals surface area contributed by atoms with Crippen LogP contribution in [0.1, 0.15) is 5.01 Å². The summed E-state index contributed by atoms with van der Waals surface area (Å²) in [6.07, 6.45) is 0.344. The van der Waals surface area contributed by atoms with Crippen LogP contribution in [0.5, 0.6) is 0 Å². The van der Waals surface area contributed by atoms with E-state index in [4.69, 9.17) is 9.68 Å². The summed E-state index contributed by atoms with van der Waals surface area (Å²) in [5.74, 6) is 0.739. The van der Waals surface area contributed by atoms with E-state index >= 15 is 0 Å². The third-order valence-electron chi connectivity index (χ3n) is 2.51. The number of halogens is 1. The van der Waals surface area contributed by atoms with Gasteiger partial charge in [0.25, 0.3) is 0 Å². The number of fused-ring (bicyclic) bond motifs is 1. The van der Waals surface area contributed by atoms with Crippen molar-refractivity contribution in [2.75, 3.05) is 0 Å². The molecule has 0 aliphatic rings. The summed E-state index contributed by atoms with van der Waals surface area (Å²) in [4.78, 5) is 4.38. The minimum atomic E-state index is 0.344. The van der Waals surface area contributed by atoms with E-state index in [0.717, 1.165) is 31.9 Å². The van der Waals surface area contributed by atoms with Gasteiger partial charge in [0.1, 0.15) is 16.3 Å². The first-order chi connectivity index (χ1) is 8.76. The van der Waals surface area contributed by atoms with Gasteiger partial charge < -0.3 is 4.42 Å². The highest BCUT2D eigenvalue weighted by molar-refractivity contribution is 9.10. The molecule has 3 rings (SSSR count). The van der Waals surface area contributed by atoms with E-state index in [9.17, 15) is 0 Å². The molecule has 2 heterocycles. The molecular formula is C13H7BrN2OS. The maximum absolute atomic E-state index is 8.63. The molecule has 0 aliphatic heterocycles. The molecule has 0 atom stereocenters. The Labute approximate surface area is 116 Å². The lowest BCUT2D eigenvalue weighted by Gasteiger charge is -1.88. The molecule has 0 fully saturated rings. The highest BCUT2D eigenvalue weighted by atomic mass is 79.9. The molecule has 18 heavy (non-hydrogen) atoms. The molecule has 0 aliphatic carbocycles. The highest BCUT2D eigenvalue weighted by Gasteiger charge is 2.10. The molecular weight excluding hydrogens is 312 g/mol. The summed E-state index contributed by atoms with van der Waals surface area (Å²) in [5.41, 5.74) is 1.63. The Kier molecular flexibility index (Phi) is 2.90. The molecule has 0 saturated carbocycles. The number of nitriles is 1. The highest BCUT2D eigenvalue weighted by Crippen LogP contribution is 2.30. The van der Waals surface area contributed by atoms with E-state index in [1.165, 1.54) is 11.3 Å². The summed E-state index contributed by atoms with van der Waals surface area (Å²) in [6, 6.07) is 9.93. The van der Waals surface area contributed by atoms with E-state index in [-0.39, 0.29) is 0 Å². The van der Waals surface area contributed by atoms with Gasteiger partial charge >= 0.3 is 0 Å². The van der Waals surface area contributed by atoms with Crippen molar-refractivity contribution in [2.24, 2.45) is 0 Å². The molecule has 2 aromatic heterocycles. The van der Waals surface area contributed by atoms with Crippen LogP contribution in [0.4, 0.5) is 0 Å². The lowest BCUT2D eigenvalue weighted by Crippen LogP contribution is -1.79. The van der Waals surface area contributed by atoms with Gasteiger partial charge in [0.15, 0.2) is 5.76 Å². The van der Waals surface area contributed by atoms with E-state index in [1.54, 1.807) is 0 Å². The number of thiazole rings is 1. The first-order valence-electron chi connectivity index (χ1n) is 5.27. The lowest BCUT2D eigenvalue weighted by atomic mass is 10.2. The Morgan fingerprint density at radius 1 is 1.39 bits per heavy atom. The maximum Gasteiger partial charge on any atom is 0.154 e. The van der Waals surface area contributed by atoms with Crippen LogP contribution in [0.2, 0.25) is 0 Å². The van der Waals surface area contributed by atoms with Gasteiger partial charge in [0.2, 0.25) is 0 Å². The zero-order valence-electron chi connectivity index (χ0n) is 9.18. The van der Waals surface area contributed by atoms with Gasteiger partial charge in [-0.3, -0.25) is 0 Å². The standard InChI is InChI=1S/C13H7BrN2OS/c14-9-1-2-11-8(5-9)6-12(17-11)10-7-18-13(16-10)3-4-15/h1-2,5-7H,3H2. The van der Waals surface area contributed by atoms with E-state index in [0.29, 0.717) is 6.42 Å². The van der Waals surface area contributed by atoms with Crippen molar-refractivity contribution >= 4 is 38.2 Å². The second kappa shape index (κ2) is 4.56. The fraction of sp³-hybridized carbons (Fsp3) is 0.0769. The molecule has 0 saturated heterocycles. The first kappa shape index (κ1) is 11.5. The number of benzene rings is 1. The number of furan rings is 1. The smallest absolute Gasteiger partial charge is 0.154 e. The van der Waals surface area contributed by atoms with Crippen LogP contribution < -0.4 is 0 Å². The molecule has 0 spiro atoms. The molecule has 0 bridgehead atoms. The molecule has 0 N–H and O–H groups in total. The Morgan fingerprint density at radius 2 is 2.28 bits per heavy atom. The van der Waals surface area contributed by atoms with E-state index in [2.05, 4.69) is 27.0 Å². The maximum atomic E-state index is 8.63. The van der Waals surface area contributed by atoms with Gasteiger partial charge in [-0.25, -0.2) is 4.98 Å². The summed E-state index contributed by atoms with van der Waals surface area (Å²) >= 11 is 4.91. The average Bonchev–Trinajstić information content (AvgIpc) is 2.94. The normalized spacial score (nSPS) is 10.7. The molecule has 0 radical (unpaired) electrons. The number of hydrogen-bond acceptors (Lipinski definition) is 4. The summed E-state index contributed by atoms with van der Waals surface area (Å²) < 4.78 is 6.76. The zero-order chi connectivity index (χ0) is 12.5. The van der Waals surface area contributed by atoms with Crippen LogP contribution in [0.15, 0.2) is 38.5 Å². The molecule has 0 unspecified atom stereocenters. The number of hydrogen-bond donors (Lipinski definition) is 0. The van der Waals surface area contributed by atoms with Gasteiger partial charge in [-0.2, -0.15) is 5.26 Å². The van der Waals surface area contributed by atoms with Crippen LogP contribution in [-0.2, 0) is 6.42 Å². The molecule has 0 amide bonds. The van der Waals surface area contributed by atoms with Crippen molar-refractivity contribution < 1.29 is 4.42 Å². The largest absolute Gasteiger partial charge is 0.454 e. The van der Waals surface area contributed by atoms with Crippen molar-refractivity contribution in [2.45, 2.75) is 6.42 Å². The number of rotatable bonds is 2. The van der Waals surface area contributed by atoms with Gasteiger partial charge in [-0.15, -0.1) is 11.3 Å². The van der Waals surface area contributed by atoms with E-state index in [1.807, 2.05) is 29.6 Å². The van der Waals surface area contributed by atoms with Crippen molar-refractivity contribution in [1.82, 2.24) is 4.98 Å². The van der Waals surface area contributed by atoms with Gasteiger partial charge in [0, 0.05) is 15.2 Å². The number of aromatic nitrogens is 1. The quantitative estimate of drug-likeness (QED) is 0.704. The Bertz CT molecular complexity index is 754. The third-order valence-corrected chi connectivity index (χ3v) is 3.85. The van der Waals surface area contributed by atoms with Gasteiger partial charge in [0.05, 0.1) is 12.5 Å². The predicted molar refractivity (Wildman–Crippen MR) is 74.3 cm³/mol. The molecule has 88 valence electrons. The monoisotopic (exact) mass is 318 g/mol. The van der Waals surface area contributed by atoms with Crippen molar-refractivity contribution in [3.8, 4) is 17.5 Å². The summed E-state index contributed by atoms with van der Waals surface area (Å²) in [5, 5.41) is 12.4. The van der Waals surface area contributed by atoms with Gasteiger partial charge in [-0.05, 0) is 24.3 Å². The molecule has 1 aromatic carbocycles. The second-order valence-electron chi connectivity index (χ2n) is 3.75. The summed E-state index contributed by atoms with van der Waals surface area (Å²) in [6.45, 7) is 0. The number of nitrogens with zero attached hydrogens (tertiary/aromatic N) is 2. The molecule has 5 heteroatoms. The minimum absolute atomic E-state index is 0.344. The van der Waals surface area contributed by atoms with Crippen LogP contribution in [0.3, 0.4) is 0 Å². The molecule has 3 nitrogen and oxygen atoms in total. The average molecular weight is 319 g/mol. The van der Waals surface area contributed by atoms with E-state index < -0.39 is 0 Å². The van der Waals surface area contributed by atoms with Crippen LogP contribution in [0, 0.1) is 11.3 Å². The summed E-state index contributed by atoms with van der Waals surface area (Å²) in [7, 11) is 0. The van der Waals surface area contributed by atoms with Crippen molar-refractivity contribution in [3.05, 3.63) is 39.1 Å². The van der Waals surface area contributed by atoms with Crippen LogP contribution in [-0.4, -0.2) is 4.98 Å². The topological polar surface area (TPSA) is 49.8 Å². The molecule has 3 aromatic rings. The first-order valence-corrected chi connectivity index (χ1v) is 6.94. The Balaban J connectivity index is 2.05. The SMILES string of the molecule is N#CCc1nc(-c2cc3cc(Br)ccc3o2)cs1. The third kappa shape index (κ3) is 2.05. The fourth-order valence-corrected chi connectivity index (χ4v) is 2.81. The predicted octanol–water partition coefficient (Wildman–Crippen LogP) is 4.38. The van der Waals surface area contributed by atoms with Crippen molar-refractivity contribution in [1.29, 1.82) is 5.26 Å². The zero-order valence-corrected chi connectivity index (χ0v) is 11.6. The van der Waals surface area contributed by atoms with Crippen LogP contribution in [0.25, 0.3) is 22.4 Å². The van der Waals surface area contributed by atoms with Gasteiger partial charge in [-0.1, -0.05) is 15.9 Å². The fourth-order valence-electron chi connectivity index (χ4n) is 1.71. The van der Waals surface area contributed by atoms with Crippen molar-refractivity contribution in [3.63, 3.8) is 0 Å². The minimum Gasteiger partial charge on any atom is -0.454 e. The van der Waals surface area contributed by atoms with Crippen LogP contribution >= 0.6 is 27.3 Å². The Morgan fingerprint density at radius 3 is 3.11 bits per heavy atom. The lowest BCUT2D eigenvalue weighted by molar-refractivity contribution is 0.629. The second-order valence-corrected chi connectivity index (χ2v) is 5.61.